The molecular weight excluding hydrogens is 395 g/mol. The summed E-state index contributed by atoms with van der Waals surface area (Å²) in [5.41, 5.74) is 3.66. The molecule has 160 valence electrons. The van der Waals surface area contributed by atoms with Gasteiger partial charge in [-0.2, -0.15) is 0 Å². The van der Waals surface area contributed by atoms with Gasteiger partial charge in [0.1, 0.15) is 11.6 Å². The van der Waals surface area contributed by atoms with E-state index in [9.17, 15) is 14.3 Å². The van der Waals surface area contributed by atoms with Crippen molar-refractivity contribution in [3.63, 3.8) is 0 Å². The third-order valence-electron chi connectivity index (χ3n) is 5.59. The monoisotopic (exact) mass is 420 g/mol. The van der Waals surface area contributed by atoms with Gasteiger partial charge in [-0.05, 0) is 67.6 Å². The van der Waals surface area contributed by atoms with Crippen molar-refractivity contribution in [3.8, 4) is 17.0 Å². The van der Waals surface area contributed by atoms with Crippen molar-refractivity contribution in [2.75, 3.05) is 0 Å². The van der Waals surface area contributed by atoms with Crippen molar-refractivity contribution in [3.05, 3.63) is 82.8 Å². The summed E-state index contributed by atoms with van der Waals surface area (Å²) in [6.45, 7) is 1.75. The van der Waals surface area contributed by atoms with E-state index in [-0.39, 0.29) is 31.0 Å². The number of benzene rings is 2. The second-order valence-corrected chi connectivity index (χ2v) is 7.82. The number of hydrogen-bond acceptors (Lipinski definition) is 4. The summed E-state index contributed by atoms with van der Waals surface area (Å²) in [6, 6.07) is 13.8. The Morgan fingerprint density at radius 2 is 2.06 bits per heavy atom. The van der Waals surface area contributed by atoms with E-state index in [0.717, 1.165) is 24.8 Å². The molecule has 3 aromatic rings. The van der Waals surface area contributed by atoms with Crippen LogP contribution in [-0.2, 0) is 13.2 Å². The Labute approximate surface area is 180 Å². The average molecular weight is 420 g/mol. The van der Waals surface area contributed by atoms with Crippen LogP contribution >= 0.6 is 0 Å². The Bertz CT molecular complexity index is 1100. The lowest BCUT2D eigenvalue weighted by atomic mass is 9.96. The molecule has 1 amide bonds. The summed E-state index contributed by atoms with van der Waals surface area (Å²) < 4.78 is 19.9. The Balaban J connectivity index is 1.61. The number of aliphatic hydroxyl groups excluding tert-OH is 1. The molecule has 6 heteroatoms. The molecule has 1 aliphatic rings. The molecule has 0 aliphatic heterocycles. The number of pyridine rings is 1. The number of nitrogens with one attached hydrogen (secondary N) is 1. The molecular formula is C25H25FN2O3. The lowest BCUT2D eigenvalue weighted by Gasteiger charge is -2.27. The van der Waals surface area contributed by atoms with Crippen LogP contribution in [0.5, 0.6) is 5.75 Å². The molecule has 0 spiro atoms. The maximum atomic E-state index is 13.8. The quantitative estimate of drug-likeness (QED) is 0.588. The van der Waals surface area contributed by atoms with Gasteiger partial charge in [0.05, 0.1) is 24.0 Å². The fourth-order valence-corrected chi connectivity index (χ4v) is 3.48. The van der Waals surface area contributed by atoms with Crippen LogP contribution in [0.25, 0.3) is 11.3 Å². The van der Waals surface area contributed by atoms with Crippen LogP contribution in [0.2, 0.25) is 0 Å². The largest absolute Gasteiger partial charge is 0.490 e. The Morgan fingerprint density at radius 1 is 1.23 bits per heavy atom. The molecule has 1 aromatic heterocycles. The normalized spacial score (nSPS) is 13.5. The van der Waals surface area contributed by atoms with E-state index in [1.165, 1.54) is 6.07 Å². The number of ether oxygens (including phenoxy) is 1. The first-order valence-electron chi connectivity index (χ1n) is 10.4. The van der Waals surface area contributed by atoms with Gasteiger partial charge in [-0.1, -0.05) is 18.2 Å². The molecule has 1 fully saturated rings. The van der Waals surface area contributed by atoms with Crippen molar-refractivity contribution < 1.29 is 19.0 Å². The molecule has 0 saturated heterocycles. The van der Waals surface area contributed by atoms with Crippen LogP contribution in [0, 0.1) is 12.7 Å². The third-order valence-corrected chi connectivity index (χ3v) is 5.59. The molecule has 0 bridgehead atoms. The van der Waals surface area contributed by atoms with E-state index in [1.807, 2.05) is 6.07 Å². The number of amides is 1. The molecule has 0 unspecified atom stereocenters. The lowest BCUT2D eigenvalue weighted by Crippen LogP contribution is -2.28. The minimum atomic E-state index is -0.307. The van der Waals surface area contributed by atoms with Crippen LogP contribution in [0.1, 0.15) is 46.3 Å². The second kappa shape index (κ2) is 9.27. The molecule has 2 aromatic carbocycles. The van der Waals surface area contributed by atoms with Crippen molar-refractivity contribution in [1.29, 1.82) is 0 Å². The summed E-state index contributed by atoms with van der Waals surface area (Å²) >= 11 is 0. The summed E-state index contributed by atoms with van der Waals surface area (Å²) in [5, 5.41) is 12.5. The van der Waals surface area contributed by atoms with Gasteiger partial charge >= 0.3 is 0 Å². The number of aromatic nitrogens is 1. The van der Waals surface area contributed by atoms with Crippen LogP contribution in [-0.4, -0.2) is 22.1 Å². The topological polar surface area (TPSA) is 71.5 Å². The van der Waals surface area contributed by atoms with Crippen molar-refractivity contribution in [2.24, 2.45) is 0 Å². The highest BCUT2D eigenvalue weighted by Gasteiger charge is 2.23. The fraction of sp³-hybridized carbons (Fsp3) is 0.280. The Morgan fingerprint density at radius 3 is 2.77 bits per heavy atom. The van der Waals surface area contributed by atoms with Gasteiger partial charge in [-0.3, -0.25) is 9.78 Å². The van der Waals surface area contributed by atoms with Gasteiger partial charge in [-0.15, -0.1) is 0 Å². The third kappa shape index (κ3) is 4.75. The molecule has 0 radical (unpaired) electrons. The van der Waals surface area contributed by atoms with Crippen molar-refractivity contribution in [2.45, 2.75) is 45.4 Å². The number of nitrogens with zero attached hydrogens (tertiary/aromatic N) is 1. The molecule has 5 nitrogen and oxygen atoms in total. The van der Waals surface area contributed by atoms with Gasteiger partial charge in [0.25, 0.3) is 5.91 Å². The summed E-state index contributed by atoms with van der Waals surface area (Å²) in [7, 11) is 0. The fourth-order valence-electron chi connectivity index (χ4n) is 3.48. The standard InChI is InChI=1S/C25H25FN2O3/c1-16-7-8-17(12-22(16)26)14-28-25(30)21-13-18(24-19(15-29)4-3-11-27-24)9-10-23(21)31-20-5-2-6-20/h3-4,7-13,20,29H,2,5-6,14-15H2,1H3,(H,28,30). The molecule has 4 rings (SSSR count). The molecule has 31 heavy (non-hydrogen) atoms. The maximum Gasteiger partial charge on any atom is 0.255 e. The smallest absolute Gasteiger partial charge is 0.255 e. The van der Waals surface area contributed by atoms with Gasteiger partial charge in [-0.25, -0.2) is 4.39 Å². The zero-order valence-electron chi connectivity index (χ0n) is 17.4. The number of rotatable bonds is 7. The number of aliphatic hydroxyl groups is 1. The predicted octanol–water partition coefficient (Wildman–Crippen LogP) is 4.55. The summed E-state index contributed by atoms with van der Waals surface area (Å²) in [4.78, 5) is 17.4. The lowest BCUT2D eigenvalue weighted by molar-refractivity contribution is 0.0925. The Hall–Kier alpha value is -3.25. The number of carbonyl (C=O) groups excluding carboxylic acids is 1. The number of hydrogen-bond donors (Lipinski definition) is 2. The van der Waals surface area contributed by atoms with E-state index >= 15 is 0 Å². The summed E-state index contributed by atoms with van der Waals surface area (Å²) in [6.07, 6.45) is 4.84. The van der Waals surface area contributed by atoms with E-state index in [1.54, 1.807) is 49.5 Å². The van der Waals surface area contributed by atoms with Gasteiger partial charge in [0, 0.05) is 23.9 Å². The van der Waals surface area contributed by atoms with Crippen LogP contribution in [0.3, 0.4) is 0 Å². The highest BCUT2D eigenvalue weighted by Crippen LogP contribution is 2.31. The van der Waals surface area contributed by atoms with E-state index in [2.05, 4.69) is 10.3 Å². The molecule has 1 saturated carbocycles. The van der Waals surface area contributed by atoms with Crippen LogP contribution in [0.4, 0.5) is 4.39 Å². The first kappa shape index (κ1) is 21.0. The molecule has 1 aliphatic carbocycles. The number of carbonyl (C=O) groups is 1. The average Bonchev–Trinajstić information content (AvgIpc) is 2.76. The SMILES string of the molecule is Cc1ccc(CNC(=O)c2cc(-c3ncccc3CO)ccc2OC2CCC2)cc1F. The molecule has 0 atom stereocenters. The minimum absolute atomic E-state index is 0.117. The summed E-state index contributed by atoms with van der Waals surface area (Å²) in [5.74, 6) is -0.0874. The van der Waals surface area contributed by atoms with Gasteiger partial charge < -0.3 is 15.2 Å². The first-order valence-corrected chi connectivity index (χ1v) is 10.4. The molecule has 2 N–H and O–H groups in total. The number of aryl methyl sites for hydroxylation is 1. The highest BCUT2D eigenvalue weighted by atomic mass is 19.1. The predicted molar refractivity (Wildman–Crippen MR) is 116 cm³/mol. The van der Waals surface area contributed by atoms with Crippen LogP contribution in [0.15, 0.2) is 54.7 Å². The zero-order valence-corrected chi connectivity index (χ0v) is 17.4. The van der Waals surface area contributed by atoms with Gasteiger partial charge in [0.15, 0.2) is 0 Å². The van der Waals surface area contributed by atoms with E-state index in [4.69, 9.17) is 4.74 Å². The van der Waals surface area contributed by atoms with Crippen LogP contribution < -0.4 is 10.1 Å². The highest BCUT2D eigenvalue weighted by molar-refractivity contribution is 5.98. The van der Waals surface area contributed by atoms with Crippen molar-refractivity contribution in [1.82, 2.24) is 10.3 Å². The molecule has 1 heterocycles. The second-order valence-electron chi connectivity index (χ2n) is 7.82. The van der Waals surface area contributed by atoms with E-state index < -0.39 is 0 Å². The zero-order chi connectivity index (χ0) is 21.8. The maximum absolute atomic E-state index is 13.8. The van der Waals surface area contributed by atoms with Crippen molar-refractivity contribution >= 4 is 5.91 Å². The Kier molecular flexibility index (Phi) is 6.28. The number of halogens is 1. The minimum Gasteiger partial charge on any atom is -0.490 e. The first-order chi connectivity index (χ1) is 15.0. The van der Waals surface area contributed by atoms with E-state index in [0.29, 0.717) is 33.7 Å². The van der Waals surface area contributed by atoms with Gasteiger partial charge in [0.2, 0.25) is 0 Å².